The number of benzene rings is 1. The topological polar surface area (TPSA) is 40.5 Å². The van der Waals surface area contributed by atoms with Gasteiger partial charge in [-0.1, -0.05) is 6.07 Å². The molecular weight excluding hydrogens is 210 g/mol. The smallest absolute Gasteiger partial charge is 0.345 e. The predicted molar refractivity (Wildman–Crippen MR) is 63.1 cm³/mol. The SMILES string of the molecule is CN(C)c1ccc2cc(C(=O)O)sc2c1. The Hall–Kier alpha value is -1.55. The Morgan fingerprint density at radius 3 is 2.67 bits per heavy atom. The fourth-order valence-electron chi connectivity index (χ4n) is 1.40. The van der Waals surface area contributed by atoms with Crippen LogP contribution in [0.1, 0.15) is 9.67 Å². The van der Waals surface area contributed by atoms with Crippen molar-refractivity contribution in [3.63, 3.8) is 0 Å². The van der Waals surface area contributed by atoms with E-state index >= 15 is 0 Å². The number of aromatic carboxylic acids is 1. The summed E-state index contributed by atoms with van der Waals surface area (Å²) >= 11 is 1.31. The van der Waals surface area contributed by atoms with Crippen LogP contribution in [0.5, 0.6) is 0 Å². The fraction of sp³-hybridized carbons (Fsp3) is 0.182. The summed E-state index contributed by atoms with van der Waals surface area (Å²) in [6.07, 6.45) is 0. The Balaban J connectivity index is 2.57. The molecule has 0 unspecified atom stereocenters. The molecule has 0 saturated carbocycles. The van der Waals surface area contributed by atoms with Gasteiger partial charge in [-0.3, -0.25) is 0 Å². The third-order valence-electron chi connectivity index (χ3n) is 2.23. The highest BCUT2D eigenvalue weighted by Crippen LogP contribution is 2.28. The third kappa shape index (κ3) is 1.80. The van der Waals surface area contributed by atoms with Crippen LogP contribution in [-0.4, -0.2) is 25.2 Å². The van der Waals surface area contributed by atoms with Crippen LogP contribution >= 0.6 is 11.3 Å². The van der Waals surface area contributed by atoms with Gasteiger partial charge in [0.05, 0.1) is 0 Å². The largest absolute Gasteiger partial charge is 0.477 e. The van der Waals surface area contributed by atoms with Crippen LogP contribution in [0.3, 0.4) is 0 Å². The van der Waals surface area contributed by atoms with Crippen molar-refractivity contribution in [2.24, 2.45) is 0 Å². The standard InChI is InChI=1S/C11H11NO2S/c1-12(2)8-4-3-7-5-10(11(13)14)15-9(7)6-8/h3-6H,1-2H3,(H,13,14). The van der Waals surface area contributed by atoms with Gasteiger partial charge in [-0.15, -0.1) is 11.3 Å². The monoisotopic (exact) mass is 221 g/mol. The van der Waals surface area contributed by atoms with Gasteiger partial charge >= 0.3 is 5.97 Å². The Kier molecular flexibility index (Phi) is 2.36. The minimum Gasteiger partial charge on any atom is -0.477 e. The molecule has 0 aliphatic rings. The zero-order valence-electron chi connectivity index (χ0n) is 8.52. The van der Waals surface area contributed by atoms with E-state index < -0.39 is 5.97 Å². The molecule has 0 amide bonds. The number of hydrogen-bond donors (Lipinski definition) is 1. The van der Waals surface area contributed by atoms with Gasteiger partial charge in [-0.05, 0) is 23.6 Å². The maximum atomic E-state index is 10.8. The van der Waals surface area contributed by atoms with Crippen LogP contribution in [0.4, 0.5) is 5.69 Å². The van der Waals surface area contributed by atoms with Crippen molar-refractivity contribution >= 4 is 33.1 Å². The Bertz CT molecular complexity index is 516. The average Bonchev–Trinajstić information content (AvgIpc) is 2.59. The van der Waals surface area contributed by atoms with E-state index in [0.717, 1.165) is 15.8 Å². The lowest BCUT2D eigenvalue weighted by atomic mass is 10.2. The molecule has 4 heteroatoms. The zero-order chi connectivity index (χ0) is 11.0. The molecule has 0 spiro atoms. The molecule has 0 aliphatic heterocycles. The molecule has 2 aromatic rings. The average molecular weight is 221 g/mol. The number of carboxylic acids is 1. The molecule has 1 N–H and O–H groups in total. The van der Waals surface area contributed by atoms with Crippen molar-refractivity contribution in [3.8, 4) is 0 Å². The number of carbonyl (C=O) groups is 1. The van der Waals surface area contributed by atoms with E-state index in [1.54, 1.807) is 6.07 Å². The quantitative estimate of drug-likeness (QED) is 0.847. The van der Waals surface area contributed by atoms with Crippen LogP contribution in [0.25, 0.3) is 10.1 Å². The lowest BCUT2D eigenvalue weighted by molar-refractivity contribution is 0.0702. The van der Waals surface area contributed by atoms with E-state index in [0.29, 0.717) is 4.88 Å². The highest BCUT2D eigenvalue weighted by Gasteiger charge is 2.08. The van der Waals surface area contributed by atoms with Gasteiger partial charge in [0.25, 0.3) is 0 Å². The van der Waals surface area contributed by atoms with Crippen molar-refractivity contribution in [2.75, 3.05) is 19.0 Å². The van der Waals surface area contributed by atoms with Crippen molar-refractivity contribution in [3.05, 3.63) is 29.1 Å². The first-order chi connectivity index (χ1) is 7.08. The molecular formula is C11H11NO2S. The summed E-state index contributed by atoms with van der Waals surface area (Å²) in [6, 6.07) is 7.66. The molecule has 1 aromatic carbocycles. The van der Waals surface area contributed by atoms with E-state index in [1.165, 1.54) is 11.3 Å². The molecule has 0 aliphatic carbocycles. The van der Waals surface area contributed by atoms with Crippen molar-refractivity contribution in [1.82, 2.24) is 0 Å². The first-order valence-corrected chi connectivity index (χ1v) is 5.34. The van der Waals surface area contributed by atoms with Gasteiger partial charge in [0.2, 0.25) is 0 Å². The lowest BCUT2D eigenvalue weighted by Crippen LogP contribution is -2.07. The molecule has 78 valence electrons. The van der Waals surface area contributed by atoms with Gasteiger partial charge in [0, 0.05) is 24.5 Å². The second-order valence-corrected chi connectivity index (χ2v) is 4.62. The maximum Gasteiger partial charge on any atom is 0.345 e. The summed E-state index contributed by atoms with van der Waals surface area (Å²) in [7, 11) is 3.93. The van der Waals surface area contributed by atoms with Gasteiger partial charge in [0.15, 0.2) is 0 Å². The predicted octanol–water partition coefficient (Wildman–Crippen LogP) is 2.67. The number of rotatable bonds is 2. The number of thiophene rings is 1. The number of hydrogen-bond acceptors (Lipinski definition) is 3. The van der Waals surface area contributed by atoms with E-state index in [9.17, 15) is 4.79 Å². The molecule has 2 rings (SSSR count). The van der Waals surface area contributed by atoms with Crippen molar-refractivity contribution < 1.29 is 9.90 Å². The van der Waals surface area contributed by atoms with Gasteiger partial charge in [-0.25, -0.2) is 4.79 Å². The molecule has 0 bridgehead atoms. The lowest BCUT2D eigenvalue weighted by Gasteiger charge is -2.11. The third-order valence-corrected chi connectivity index (χ3v) is 3.32. The molecule has 0 radical (unpaired) electrons. The molecule has 0 atom stereocenters. The molecule has 1 heterocycles. The van der Waals surface area contributed by atoms with Crippen LogP contribution < -0.4 is 4.90 Å². The van der Waals surface area contributed by atoms with E-state index in [-0.39, 0.29) is 0 Å². The second-order valence-electron chi connectivity index (χ2n) is 3.53. The summed E-state index contributed by atoms with van der Waals surface area (Å²) in [4.78, 5) is 13.2. The minimum atomic E-state index is -0.859. The van der Waals surface area contributed by atoms with Crippen LogP contribution in [0, 0.1) is 0 Å². The van der Waals surface area contributed by atoms with Crippen molar-refractivity contribution in [2.45, 2.75) is 0 Å². The zero-order valence-corrected chi connectivity index (χ0v) is 9.34. The van der Waals surface area contributed by atoms with E-state index in [4.69, 9.17) is 5.11 Å². The number of fused-ring (bicyclic) bond motifs is 1. The fourth-order valence-corrected chi connectivity index (χ4v) is 2.34. The number of anilines is 1. The van der Waals surface area contributed by atoms with Crippen LogP contribution in [-0.2, 0) is 0 Å². The van der Waals surface area contributed by atoms with Crippen LogP contribution in [0.2, 0.25) is 0 Å². The molecule has 15 heavy (non-hydrogen) atoms. The van der Waals surface area contributed by atoms with Gasteiger partial charge in [-0.2, -0.15) is 0 Å². The summed E-state index contributed by atoms with van der Waals surface area (Å²) < 4.78 is 1.01. The van der Waals surface area contributed by atoms with Crippen molar-refractivity contribution in [1.29, 1.82) is 0 Å². The highest BCUT2D eigenvalue weighted by molar-refractivity contribution is 7.20. The summed E-state index contributed by atoms with van der Waals surface area (Å²) in [5, 5.41) is 9.85. The summed E-state index contributed by atoms with van der Waals surface area (Å²) in [6.45, 7) is 0. The summed E-state index contributed by atoms with van der Waals surface area (Å²) in [5.74, 6) is -0.859. The van der Waals surface area contributed by atoms with Gasteiger partial charge < -0.3 is 10.0 Å². The van der Waals surface area contributed by atoms with E-state index in [2.05, 4.69) is 0 Å². The Morgan fingerprint density at radius 1 is 1.33 bits per heavy atom. The highest BCUT2D eigenvalue weighted by atomic mass is 32.1. The molecule has 0 saturated heterocycles. The first-order valence-electron chi connectivity index (χ1n) is 4.52. The maximum absolute atomic E-state index is 10.8. The second kappa shape index (κ2) is 3.55. The van der Waals surface area contributed by atoms with E-state index in [1.807, 2.05) is 37.2 Å². The van der Waals surface area contributed by atoms with Gasteiger partial charge in [0.1, 0.15) is 4.88 Å². The minimum absolute atomic E-state index is 0.390. The molecule has 1 aromatic heterocycles. The Labute approximate surface area is 91.6 Å². The summed E-state index contributed by atoms with van der Waals surface area (Å²) in [5.41, 5.74) is 1.08. The Morgan fingerprint density at radius 2 is 2.07 bits per heavy atom. The number of carboxylic acid groups (broad SMARTS) is 1. The molecule has 3 nitrogen and oxygen atoms in total. The normalized spacial score (nSPS) is 10.5. The number of nitrogens with zero attached hydrogens (tertiary/aromatic N) is 1. The first kappa shape index (κ1) is 9.98. The van der Waals surface area contributed by atoms with Crippen LogP contribution in [0.15, 0.2) is 24.3 Å². The molecule has 0 fully saturated rings.